The summed E-state index contributed by atoms with van der Waals surface area (Å²) in [5, 5.41) is 0. The number of hydrogen-bond donors (Lipinski definition) is 0. The molecule has 1 aliphatic heterocycles. The molecule has 1 fully saturated rings. The van der Waals surface area contributed by atoms with Crippen LogP contribution >= 0.6 is 0 Å². The molecular formula is C30H25NO3S. The number of nitrogens with zero attached hydrogens (tertiary/aromatic N) is 1. The van der Waals surface area contributed by atoms with Gasteiger partial charge in [0.05, 0.1) is 11.0 Å². The number of rotatable bonds is 5. The van der Waals surface area contributed by atoms with Crippen molar-refractivity contribution in [2.45, 2.75) is 23.6 Å². The van der Waals surface area contributed by atoms with E-state index in [2.05, 4.69) is 0 Å². The Hall–Kier alpha value is -3.51. The van der Waals surface area contributed by atoms with Crippen molar-refractivity contribution in [3.8, 4) is 0 Å². The first kappa shape index (κ1) is 22.0. The zero-order valence-electron chi connectivity index (χ0n) is 19.3. The van der Waals surface area contributed by atoms with Gasteiger partial charge in [0.2, 0.25) is 10.0 Å². The molecule has 6 rings (SSSR count). The van der Waals surface area contributed by atoms with Crippen LogP contribution in [-0.2, 0) is 14.8 Å². The Morgan fingerprint density at radius 2 is 1.20 bits per heavy atom. The summed E-state index contributed by atoms with van der Waals surface area (Å²) in [7, 11) is -3.86. The standard InChI is InChI=1S/C30H25NO3S/c1-22-17-19-26(20-18-22)35(32,33)31-21-27(23-11-5-2-6-12-23)34-30(31)28(24-13-7-3-8-14-24)29(30)25-15-9-4-10-16-25/h2-20,27H,21H2,1H3. The molecule has 1 saturated heterocycles. The van der Waals surface area contributed by atoms with Gasteiger partial charge in [-0.15, -0.1) is 0 Å². The molecule has 0 radical (unpaired) electrons. The lowest BCUT2D eigenvalue weighted by Gasteiger charge is -2.26. The summed E-state index contributed by atoms with van der Waals surface area (Å²) in [5.74, 6) is 0. The molecule has 0 bridgehead atoms. The molecule has 1 unspecified atom stereocenters. The largest absolute Gasteiger partial charge is 0.341 e. The smallest absolute Gasteiger partial charge is 0.246 e. The molecule has 0 amide bonds. The first-order valence-corrected chi connectivity index (χ1v) is 13.1. The van der Waals surface area contributed by atoms with E-state index >= 15 is 0 Å². The molecule has 4 aromatic rings. The van der Waals surface area contributed by atoms with E-state index in [4.69, 9.17) is 4.74 Å². The van der Waals surface area contributed by atoms with Crippen LogP contribution in [0.15, 0.2) is 120 Å². The number of benzene rings is 4. The van der Waals surface area contributed by atoms with Gasteiger partial charge in [-0.2, -0.15) is 4.31 Å². The molecule has 0 aromatic heterocycles. The van der Waals surface area contributed by atoms with Gasteiger partial charge in [-0.05, 0) is 35.7 Å². The molecule has 35 heavy (non-hydrogen) atoms. The van der Waals surface area contributed by atoms with E-state index < -0.39 is 21.9 Å². The topological polar surface area (TPSA) is 46.6 Å². The van der Waals surface area contributed by atoms with Crippen LogP contribution < -0.4 is 0 Å². The van der Waals surface area contributed by atoms with Gasteiger partial charge in [-0.25, -0.2) is 8.42 Å². The molecule has 0 N–H and O–H groups in total. The summed E-state index contributed by atoms with van der Waals surface area (Å²) in [6.07, 6.45) is -0.392. The van der Waals surface area contributed by atoms with E-state index in [1.807, 2.05) is 110 Å². The number of ether oxygens (including phenoxy) is 1. The third kappa shape index (κ3) is 3.55. The van der Waals surface area contributed by atoms with E-state index in [1.54, 1.807) is 16.4 Å². The minimum atomic E-state index is -3.86. The second kappa shape index (κ2) is 8.31. The molecule has 1 atom stereocenters. The van der Waals surface area contributed by atoms with Crippen LogP contribution in [0.4, 0.5) is 0 Å². The Balaban J connectivity index is 1.53. The Kier molecular flexibility index (Phi) is 5.22. The van der Waals surface area contributed by atoms with Crippen LogP contribution in [0.5, 0.6) is 0 Å². The molecule has 0 saturated carbocycles. The summed E-state index contributed by atoms with van der Waals surface area (Å²) in [4.78, 5) is 0.270. The van der Waals surface area contributed by atoms with E-state index in [-0.39, 0.29) is 11.4 Å². The van der Waals surface area contributed by atoms with Crippen LogP contribution in [-0.4, -0.2) is 25.0 Å². The highest BCUT2D eigenvalue weighted by molar-refractivity contribution is 7.89. The lowest BCUT2D eigenvalue weighted by molar-refractivity contribution is 0.0296. The molecule has 1 spiro atoms. The minimum absolute atomic E-state index is 0.229. The van der Waals surface area contributed by atoms with E-state index in [0.29, 0.717) is 0 Å². The Morgan fingerprint density at radius 1 is 0.714 bits per heavy atom. The first-order valence-electron chi connectivity index (χ1n) is 11.7. The normalized spacial score (nSPS) is 19.3. The predicted molar refractivity (Wildman–Crippen MR) is 138 cm³/mol. The summed E-state index contributed by atoms with van der Waals surface area (Å²) in [6, 6.07) is 36.8. The van der Waals surface area contributed by atoms with E-state index in [0.717, 1.165) is 33.4 Å². The third-order valence-electron chi connectivity index (χ3n) is 6.77. The monoisotopic (exact) mass is 479 g/mol. The molecule has 5 heteroatoms. The van der Waals surface area contributed by atoms with Gasteiger partial charge in [0.15, 0.2) is 5.72 Å². The maximum Gasteiger partial charge on any atom is 0.246 e. The number of sulfonamides is 1. The summed E-state index contributed by atoms with van der Waals surface area (Å²) >= 11 is 0. The van der Waals surface area contributed by atoms with Crippen molar-refractivity contribution in [1.82, 2.24) is 4.31 Å². The van der Waals surface area contributed by atoms with Gasteiger partial charge in [-0.3, -0.25) is 0 Å². The van der Waals surface area contributed by atoms with Crippen molar-refractivity contribution in [1.29, 1.82) is 0 Å². The average Bonchev–Trinajstić information content (AvgIpc) is 3.38. The van der Waals surface area contributed by atoms with Crippen LogP contribution in [0.1, 0.15) is 28.4 Å². The molecule has 4 aromatic carbocycles. The molecule has 1 heterocycles. The SMILES string of the molecule is Cc1ccc(S(=O)(=O)N2CC(c3ccccc3)OC23C(c2ccccc2)=C3c2ccccc2)cc1. The summed E-state index contributed by atoms with van der Waals surface area (Å²) in [5.41, 5.74) is 4.54. The van der Waals surface area contributed by atoms with Gasteiger partial charge in [0, 0.05) is 17.7 Å². The fourth-order valence-electron chi connectivity index (χ4n) is 5.04. The van der Waals surface area contributed by atoms with Crippen molar-refractivity contribution in [2.75, 3.05) is 6.54 Å². The maximum atomic E-state index is 14.2. The summed E-state index contributed by atoms with van der Waals surface area (Å²) < 4.78 is 36.7. The van der Waals surface area contributed by atoms with Crippen LogP contribution in [0.2, 0.25) is 0 Å². The van der Waals surface area contributed by atoms with Gasteiger partial charge in [-0.1, -0.05) is 109 Å². The van der Waals surface area contributed by atoms with Crippen molar-refractivity contribution in [3.05, 3.63) is 138 Å². The highest BCUT2D eigenvalue weighted by Gasteiger charge is 2.68. The molecular weight excluding hydrogens is 454 g/mol. The minimum Gasteiger partial charge on any atom is -0.341 e. The average molecular weight is 480 g/mol. The van der Waals surface area contributed by atoms with Crippen molar-refractivity contribution in [2.24, 2.45) is 0 Å². The Morgan fingerprint density at radius 3 is 1.71 bits per heavy atom. The highest BCUT2D eigenvalue weighted by atomic mass is 32.2. The van der Waals surface area contributed by atoms with Crippen molar-refractivity contribution < 1.29 is 13.2 Å². The second-order valence-electron chi connectivity index (χ2n) is 8.99. The second-order valence-corrected chi connectivity index (χ2v) is 10.9. The fourth-order valence-corrected chi connectivity index (χ4v) is 6.67. The Labute approximate surface area is 206 Å². The van der Waals surface area contributed by atoms with Gasteiger partial charge >= 0.3 is 0 Å². The predicted octanol–water partition coefficient (Wildman–Crippen LogP) is 6.08. The number of hydrogen-bond acceptors (Lipinski definition) is 3. The zero-order chi connectivity index (χ0) is 24.0. The molecule has 174 valence electrons. The Bertz CT molecular complexity index is 1450. The summed E-state index contributed by atoms with van der Waals surface area (Å²) in [6.45, 7) is 2.18. The maximum absolute atomic E-state index is 14.2. The van der Waals surface area contributed by atoms with Crippen molar-refractivity contribution in [3.63, 3.8) is 0 Å². The van der Waals surface area contributed by atoms with Gasteiger partial charge < -0.3 is 4.74 Å². The fraction of sp³-hybridized carbons (Fsp3) is 0.133. The lowest BCUT2D eigenvalue weighted by Crippen LogP contribution is -2.41. The van der Waals surface area contributed by atoms with Crippen LogP contribution in [0.3, 0.4) is 0 Å². The highest BCUT2D eigenvalue weighted by Crippen LogP contribution is 2.66. The van der Waals surface area contributed by atoms with Crippen molar-refractivity contribution >= 4 is 21.2 Å². The first-order chi connectivity index (χ1) is 17.0. The van der Waals surface area contributed by atoms with Crippen LogP contribution in [0, 0.1) is 6.92 Å². The number of aryl methyl sites for hydroxylation is 1. The quantitative estimate of drug-likeness (QED) is 0.349. The van der Waals surface area contributed by atoms with E-state index in [1.165, 1.54) is 0 Å². The molecule has 1 aliphatic carbocycles. The van der Waals surface area contributed by atoms with E-state index in [9.17, 15) is 8.42 Å². The van der Waals surface area contributed by atoms with Gasteiger partial charge in [0.25, 0.3) is 0 Å². The molecule has 2 aliphatic rings. The zero-order valence-corrected chi connectivity index (χ0v) is 20.2. The van der Waals surface area contributed by atoms with Gasteiger partial charge in [0.1, 0.15) is 0 Å². The lowest BCUT2D eigenvalue weighted by atomic mass is 10.1. The van der Waals surface area contributed by atoms with Crippen LogP contribution in [0.25, 0.3) is 11.1 Å². The molecule has 4 nitrogen and oxygen atoms in total. The third-order valence-corrected chi connectivity index (χ3v) is 8.62.